The molecule has 0 saturated heterocycles. The van der Waals surface area contributed by atoms with Crippen molar-refractivity contribution in [1.29, 1.82) is 0 Å². The standard InChI is InChI=1S/C16H19N3O3/c1-22-12-4-2-3-11(7-12)13-8-14(19-18-13)15(21)17-9-16(10-20)5-6-16/h2-4,7-8,20H,5-6,9-10H2,1H3,(H,17,21)(H,18,19). The first kappa shape index (κ1) is 14.6. The molecule has 1 fully saturated rings. The van der Waals surface area contributed by atoms with Gasteiger partial charge in [0.05, 0.1) is 19.4 Å². The number of methoxy groups -OCH3 is 1. The molecule has 0 aliphatic heterocycles. The van der Waals surface area contributed by atoms with Crippen molar-refractivity contribution in [2.24, 2.45) is 5.41 Å². The number of carbonyl (C=O) groups is 1. The molecule has 1 heterocycles. The number of nitrogens with zero attached hydrogens (tertiary/aromatic N) is 1. The molecule has 116 valence electrons. The summed E-state index contributed by atoms with van der Waals surface area (Å²) >= 11 is 0. The summed E-state index contributed by atoms with van der Waals surface area (Å²) in [4.78, 5) is 12.1. The summed E-state index contributed by atoms with van der Waals surface area (Å²) in [5, 5.41) is 19.0. The Balaban J connectivity index is 1.68. The number of amides is 1. The Morgan fingerprint density at radius 2 is 2.27 bits per heavy atom. The molecular formula is C16H19N3O3. The van der Waals surface area contributed by atoms with E-state index >= 15 is 0 Å². The third-order valence-corrected chi connectivity index (χ3v) is 4.10. The lowest BCUT2D eigenvalue weighted by Crippen LogP contribution is -2.32. The number of carbonyl (C=O) groups excluding carboxylic acids is 1. The molecule has 0 atom stereocenters. The fourth-order valence-corrected chi connectivity index (χ4v) is 2.30. The first-order valence-corrected chi connectivity index (χ1v) is 7.25. The Morgan fingerprint density at radius 3 is 2.95 bits per heavy atom. The van der Waals surface area contributed by atoms with E-state index in [1.807, 2.05) is 24.3 Å². The average molecular weight is 301 g/mol. The summed E-state index contributed by atoms with van der Waals surface area (Å²) in [5.41, 5.74) is 1.87. The molecule has 1 aromatic heterocycles. The molecule has 3 rings (SSSR count). The third-order valence-electron chi connectivity index (χ3n) is 4.10. The number of nitrogens with one attached hydrogen (secondary N) is 2. The summed E-state index contributed by atoms with van der Waals surface area (Å²) in [6.07, 6.45) is 1.92. The van der Waals surface area contributed by atoms with Gasteiger partial charge in [-0.05, 0) is 31.0 Å². The second kappa shape index (κ2) is 5.81. The normalized spacial score (nSPS) is 15.4. The van der Waals surface area contributed by atoms with E-state index in [2.05, 4.69) is 15.5 Å². The highest BCUT2D eigenvalue weighted by Gasteiger charge is 2.42. The molecule has 3 N–H and O–H groups in total. The molecule has 6 heteroatoms. The summed E-state index contributed by atoms with van der Waals surface area (Å²) in [6, 6.07) is 9.21. The molecule has 1 aliphatic rings. The van der Waals surface area contributed by atoms with Crippen LogP contribution >= 0.6 is 0 Å². The highest BCUT2D eigenvalue weighted by atomic mass is 16.5. The monoisotopic (exact) mass is 301 g/mol. The fourth-order valence-electron chi connectivity index (χ4n) is 2.30. The number of H-pyrrole nitrogens is 1. The predicted octanol–water partition coefficient (Wildman–Crippen LogP) is 1.59. The Kier molecular flexibility index (Phi) is 3.85. The van der Waals surface area contributed by atoms with E-state index in [4.69, 9.17) is 4.74 Å². The second-order valence-electron chi connectivity index (χ2n) is 5.74. The molecular weight excluding hydrogens is 282 g/mol. The topological polar surface area (TPSA) is 87.2 Å². The van der Waals surface area contributed by atoms with Gasteiger partial charge < -0.3 is 15.2 Å². The van der Waals surface area contributed by atoms with E-state index in [1.165, 1.54) is 0 Å². The number of ether oxygens (including phenoxy) is 1. The largest absolute Gasteiger partial charge is 0.497 e. The molecule has 2 aromatic rings. The molecule has 0 unspecified atom stereocenters. The smallest absolute Gasteiger partial charge is 0.269 e. The maximum Gasteiger partial charge on any atom is 0.269 e. The van der Waals surface area contributed by atoms with Gasteiger partial charge in [-0.25, -0.2) is 0 Å². The maximum atomic E-state index is 12.1. The summed E-state index contributed by atoms with van der Waals surface area (Å²) in [6.45, 7) is 0.612. The number of benzene rings is 1. The minimum Gasteiger partial charge on any atom is -0.497 e. The molecule has 6 nitrogen and oxygen atoms in total. The van der Waals surface area contributed by atoms with Crippen molar-refractivity contribution < 1.29 is 14.6 Å². The van der Waals surface area contributed by atoms with Gasteiger partial charge in [-0.1, -0.05) is 12.1 Å². The zero-order chi connectivity index (χ0) is 15.6. The van der Waals surface area contributed by atoms with Gasteiger partial charge in [0.15, 0.2) is 0 Å². The van der Waals surface area contributed by atoms with Crippen LogP contribution in [-0.4, -0.2) is 41.5 Å². The molecule has 0 spiro atoms. The molecule has 1 aromatic carbocycles. The van der Waals surface area contributed by atoms with E-state index < -0.39 is 0 Å². The maximum absolute atomic E-state index is 12.1. The quantitative estimate of drug-likeness (QED) is 0.756. The Labute approximate surface area is 128 Å². The van der Waals surface area contributed by atoms with E-state index in [0.717, 1.165) is 24.2 Å². The van der Waals surface area contributed by atoms with Crippen LogP contribution in [0.4, 0.5) is 0 Å². The number of aliphatic hydroxyl groups excluding tert-OH is 1. The van der Waals surface area contributed by atoms with Gasteiger partial charge >= 0.3 is 0 Å². The van der Waals surface area contributed by atoms with Crippen molar-refractivity contribution in [2.75, 3.05) is 20.3 Å². The van der Waals surface area contributed by atoms with Crippen molar-refractivity contribution in [3.05, 3.63) is 36.0 Å². The first-order chi connectivity index (χ1) is 10.7. The van der Waals surface area contributed by atoms with Gasteiger partial charge in [0, 0.05) is 17.5 Å². The van der Waals surface area contributed by atoms with Crippen molar-refractivity contribution in [3.63, 3.8) is 0 Å². The first-order valence-electron chi connectivity index (χ1n) is 7.25. The van der Waals surface area contributed by atoms with E-state index in [-0.39, 0.29) is 17.9 Å². The molecule has 0 radical (unpaired) electrons. The van der Waals surface area contributed by atoms with Crippen LogP contribution in [0.5, 0.6) is 5.75 Å². The van der Waals surface area contributed by atoms with E-state index in [0.29, 0.717) is 17.9 Å². The lowest BCUT2D eigenvalue weighted by Gasteiger charge is -2.11. The predicted molar refractivity (Wildman–Crippen MR) is 81.7 cm³/mol. The Hall–Kier alpha value is -2.34. The highest BCUT2D eigenvalue weighted by molar-refractivity contribution is 5.93. The lowest BCUT2D eigenvalue weighted by atomic mass is 10.1. The molecule has 22 heavy (non-hydrogen) atoms. The van der Waals surface area contributed by atoms with Gasteiger partial charge in [0.1, 0.15) is 11.4 Å². The van der Waals surface area contributed by atoms with Crippen LogP contribution in [0.2, 0.25) is 0 Å². The van der Waals surface area contributed by atoms with E-state index in [9.17, 15) is 9.90 Å². The van der Waals surface area contributed by atoms with Crippen molar-refractivity contribution in [1.82, 2.24) is 15.5 Å². The van der Waals surface area contributed by atoms with Crippen LogP contribution in [0.25, 0.3) is 11.3 Å². The number of hydrogen-bond donors (Lipinski definition) is 3. The lowest BCUT2D eigenvalue weighted by molar-refractivity contribution is 0.0930. The van der Waals surface area contributed by atoms with Crippen molar-refractivity contribution >= 4 is 5.91 Å². The van der Waals surface area contributed by atoms with Gasteiger partial charge in [-0.15, -0.1) is 0 Å². The molecule has 1 amide bonds. The van der Waals surface area contributed by atoms with Crippen LogP contribution in [0, 0.1) is 5.41 Å². The summed E-state index contributed by atoms with van der Waals surface area (Å²) in [5.74, 6) is 0.534. The highest BCUT2D eigenvalue weighted by Crippen LogP contribution is 2.44. The van der Waals surface area contributed by atoms with E-state index in [1.54, 1.807) is 13.2 Å². The fraction of sp³-hybridized carbons (Fsp3) is 0.375. The number of rotatable bonds is 6. The average Bonchev–Trinajstić information content (AvgIpc) is 3.18. The van der Waals surface area contributed by atoms with Crippen LogP contribution in [0.15, 0.2) is 30.3 Å². The number of aromatic amines is 1. The summed E-state index contributed by atoms with van der Waals surface area (Å²) in [7, 11) is 1.61. The van der Waals surface area contributed by atoms with Crippen LogP contribution < -0.4 is 10.1 Å². The SMILES string of the molecule is COc1cccc(-c2cc(C(=O)NCC3(CO)CC3)[nH]n2)c1. The number of hydrogen-bond acceptors (Lipinski definition) is 4. The zero-order valence-corrected chi connectivity index (χ0v) is 12.4. The number of aliphatic hydroxyl groups is 1. The van der Waals surface area contributed by atoms with Gasteiger partial charge in [0.25, 0.3) is 5.91 Å². The second-order valence-corrected chi connectivity index (χ2v) is 5.74. The van der Waals surface area contributed by atoms with Gasteiger partial charge in [-0.2, -0.15) is 5.10 Å². The molecule has 0 bridgehead atoms. The van der Waals surface area contributed by atoms with Crippen molar-refractivity contribution in [3.8, 4) is 17.0 Å². The van der Waals surface area contributed by atoms with Crippen LogP contribution in [-0.2, 0) is 0 Å². The number of aromatic nitrogens is 2. The minimum atomic E-state index is -0.207. The minimum absolute atomic E-state index is 0.106. The molecule has 1 aliphatic carbocycles. The molecule has 1 saturated carbocycles. The van der Waals surface area contributed by atoms with Crippen LogP contribution in [0.1, 0.15) is 23.3 Å². The van der Waals surface area contributed by atoms with Crippen molar-refractivity contribution in [2.45, 2.75) is 12.8 Å². The van der Waals surface area contributed by atoms with Gasteiger partial charge in [0.2, 0.25) is 0 Å². The summed E-state index contributed by atoms with van der Waals surface area (Å²) < 4.78 is 5.18. The van der Waals surface area contributed by atoms with Crippen LogP contribution in [0.3, 0.4) is 0 Å². The zero-order valence-electron chi connectivity index (χ0n) is 12.4. The van der Waals surface area contributed by atoms with Gasteiger partial charge in [-0.3, -0.25) is 9.89 Å². The third kappa shape index (κ3) is 2.96. The Morgan fingerprint density at radius 1 is 1.45 bits per heavy atom. The Bertz CT molecular complexity index is 677.